The average molecular weight is 411 g/mol. The van der Waals surface area contributed by atoms with Crippen LogP contribution in [0.1, 0.15) is 174 Å². The van der Waals surface area contributed by atoms with Gasteiger partial charge in [-0.05, 0) is 12.8 Å². The Morgan fingerprint density at radius 2 is 0.552 bits per heavy atom. The van der Waals surface area contributed by atoms with Crippen molar-refractivity contribution in [1.29, 1.82) is 0 Å². The van der Waals surface area contributed by atoms with Crippen molar-refractivity contribution in [2.24, 2.45) is 0 Å². The molecule has 0 spiro atoms. The number of aliphatic hydroxyl groups excluding tert-OH is 1. The van der Waals surface area contributed by atoms with Crippen molar-refractivity contribution >= 4 is 0 Å². The second kappa shape index (κ2) is 26.0. The first kappa shape index (κ1) is 29.0. The highest BCUT2D eigenvalue weighted by Gasteiger charge is 2.03. The molecule has 29 heavy (non-hydrogen) atoms. The molecule has 0 rings (SSSR count). The maximum Gasteiger partial charge on any atom is 0.0540 e. The minimum atomic E-state index is -0.0299. The van der Waals surface area contributed by atoms with Crippen molar-refractivity contribution in [3.05, 3.63) is 0 Å². The summed E-state index contributed by atoms with van der Waals surface area (Å²) in [6.45, 7) is 4.55. The summed E-state index contributed by atoms with van der Waals surface area (Å²) < 4.78 is 0. The van der Waals surface area contributed by atoms with Crippen LogP contribution < -0.4 is 0 Å². The maximum atomic E-state index is 10.0. The number of rotatable bonds is 25. The molecule has 0 saturated heterocycles. The predicted molar refractivity (Wildman–Crippen MR) is 133 cm³/mol. The molecule has 176 valence electrons. The van der Waals surface area contributed by atoms with Crippen LogP contribution in [0.4, 0.5) is 0 Å². The Morgan fingerprint density at radius 3 is 0.793 bits per heavy atom. The molecule has 0 aromatic heterocycles. The fourth-order valence-corrected chi connectivity index (χ4v) is 4.41. The summed E-state index contributed by atoms with van der Waals surface area (Å²) in [7, 11) is 0. The number of unbranched alkanes of at least 4 members (excludes halogenated alkanes) is 21. The van der Waals surface area contributed by atoms with Crippen LogP contribution in [0.25, 0.3) is 0 Å². The zero-order valence-electron chi connectivity index (χ0n) is 20.7. The van der Waals surface area contributed by atoms with E-state index < -0.39 is 0 Å². The first-order valence-corrected chi connectivity index (χ1v) is 14.0. The third kappa shape index (κ3) is 25.9. The molecule has 1 atom stereocenters. The zero-order valence-corrected chi connectivity index (χ0v) is 20.7. The first-order chi connectivity index (χ1) is 14.3. The molecule has 0 heterocycles. The van der Waals surface area contributed by atoms with Crippen LogP contribution in [-0.2, 0) is 0 Å². The van der Waals surface area contributed by atoms with Gasteiger partial charge in [0.1, 0.15) is 0 Å². The summed E-state index contributed by atoms with van der Waals surface area (Å²) in [5.41, 5.74) is 0. The summed E-state index contributed by atoms with van der Waals surface area (Å²) in [4.78, 5) is 0. The first-order valence-electron chi connectivity index (χ1n) is 14.0. The predicted octanol–water partition coefficient (Wildman–Crippen LogP) is 10.1. The molecule has 0 radical (unpaired) electrons. The monoisotopic (exact) mass is 410 g/mol. The van der Waals surface area contributed by atoms with Crippen LogP contribution in [0, 0.1) is 0 Å². The van der Waals surface area contributed by atoms with Crippen molar-refractivity contribution in [3.8, 4) is 0 Å². The summed E-state index contributed by atoms with van der Waals surface area (Å²) in [5, 5.41) is 10.0. The van der Waals surface area contributed by atoms with Crippen LogP contribution in [-0.4, -0.2) is 11.2 Å². The van der Waals surface area contributed by atoms with Gasteiger partial charge in [0.05, 0.1) is 6.10 Å². The normalized spacial score (nSPS) is 12.5. The van der Waals surface area contributed by atoms with Crippen LogP contribution in [0.3, 0.4) is 0 Å². The van der Waals surface area contributed by atoms with E-state index in [0.717, 1.165) is 12.8 Å². The van der Waals surface area contributed by atoms with Gasteiger partial charge < -0.3 is 5.11 Å². The molecular formula is C28H58O. The molecule has 0 aliphatic carbocycles. The highest BCUT2D eigenvalue weighted by molar-refractivity contribution is 4.57. The van der Waals surface area contributed by atoms with Crippen LogP contribution in [0.15, 0.2) is 0 Å². The molecule has 0 bridgehead atoms. The minimum absolute atomic E-state index is 0.0299. The van der Waals surface area contributed by atoms with Gasteiger partial charge in [0, 0.05) is 0 Å². The van der Waals surface area contributed by atoms with Crippen molar-refractivity contribution in [3.63, 3.8) is 0 Å². The number of hydrogen-bond acceptors (Lipinski definition) is 1. The van der Waals surface area contributed by atoms with E-state index in [1.807, 2.05) is 0 Å². The Balaban J connectivity index is 3.08. The van der Waals surface area contributed by atoms with E-state index in [4.69, 9.17) is 0 Å². The SMILES string of the molecule is CCCCCCCCCCCCCCCCCCCCC(O)CCCCCCC. The lowest BCUT2D eigenvalue weighted by molar-refractivity contribution is 0.147. The second-order valence-corrected chi connectivity index (χ2v) is 9.66. The van der Waals surface area contributed by atoms with Crippen molar-refractivity contribution in [2.75, 3.05) is 0 Å². The molecular weight excluding hydrogens is 352 g/mol. The Hall–Kier alpha value is -0.0400. The lowest BCUT2D eigenvalue weighted by Gasteiger charge is -2.10. The van der Waals surface area contributed by atoms with Crippen LogP contribution in [0.2, 0.25) is 0 Å². The summed E-state index contributed by atoms with van der Waals surface area (Å²) in [6.07, 6.45) is 34.2. The molecule has 0 fully saturated rings. The summed E-state index contributed by atoms with van der Waals surface area (Å²) in [6, 6.07) is 0. The Morgan fingerprint density at radius 1 is 0.345 bits per heavy atom. The quantitative estimate of drug-likeness (QED) is 0.148. The van der Waals surface area contributed by atoms with Crippen molar-refractivity contribution < 1.29 is 5.11 Å². The van der Waals surface area contributed by atoms with E-state index in [1.165, 1.54) is 148 Å². The molecule has 0 aromatic carbocycles. The van der Waals surface area contributed by atoms with Gasteiger partial charge in [-0.15, -0.1) is 0 Å². The van der Waals surface area contributed by atoms with Crippen molar-refractivity contribution in [2.45, 2.75) is 180 Å². The van der Waals surface area contributed by atoms with E-state index >= 15 is 0 Å². The topological polar surface area (TPSA) is 20.2 Å². The molecule has 1 nitrogen and oxygen atoms in total. The average Bonchev–Trinajstić information content (AvgIpc) is 2.72. The zero-order chi connectivity index (χ0) is 21.3. The number of aliphatic hydroxyl groups is 1. The van der Waals surface area contributed by atoms with Crippen LogP contribution >= 0.6 is 0 Å². The lowest BCUT2D eigenvalue weighted by Crippen LogP contribution is -2.05. The van der Waals surface area contributed by atoms with E-state index in [1.54, 1.807) is 0 Å². The third-order valence-corrected chi connectivity index (χ3v) is 6.53. The molecule has 1 unspecified atom stereocenters. The summed E-state index contributed by atoms with van der Waals surface area (Å²) in [5.74, 6) is 0. The van der Waals surface area contributed by atoms with Crippen LogP contribution in [0.5, 0.6) is 0 Å². The van der Waals surface area contributed by atoms with Gasteiger partial charge in [-0.1, -0.05) is 162 Å². The fraction of sp³-hybridized carbons (Fsp3) is 1.00. The minimum Gasteiger partial charge on any atom is -0.393 e. The Bertz CT molecular complexity index is 275. The molecule has 1 N–H and O–H groups in total. The largest absolute Gasteiger partial charge is 0.393 e. The fourth-order valence-electron chi connectivity index (χ4n) is 4.41. The van der Waals surface area contributed by atoms with Gasteiger partial charge in [-0.3, -0.25) is 0 Å². The molecule has 0 aliphatic rings. The molecule has 0 aromatic rings. The maximum absolute atomic E-state index is 10.0. The van der Waals surface area contributed by atoms with Gasteiger partial charge in [-0.2, -0.15) is 0 Å². The molecule has 0 aliphatic heterocycles. The Kier molecular flexibility index (Phi) is 26.0. The standard InChI is InChI=1S/C28H58O/c1-3-5-7-9-10-11-12-13-14-15-16-17-18-19-20-21-23-25-27-28(29)26-24-22-8-6-4-2/h28-29H,3-27H2,1-2H3. The smallest absolute Gasteiger partial charge is 0.0540 e. The van der Waals surface area contributed by atoms with Gasteiger partial charge >= 0.3 is 0 Å². The van der Waals surface area contributed by atoms with E-state index in [0.29, 0.717) is 0 Å². The lowest BCUT2D eigenvalue weighted by atomic mass is 10.0. The van der Waals surface area contributed by atoms with Gasteiger partial charge in [0.25, 0.3) is 0 Å². The van der Waals surface area contributed by atoms with E-state index in [9.17, 15) is 5.11 Å². The van der Waals surface area contributed by atoms with Gasteiger partial charge in [0.2, 0.25) is 0 Å². The third-order valence-electron chi connectivity index (χ3n) is 6.53. The molecule has 1 heteroatoms. The van der Waals surface area contributed by atoms with E-state index in [-0.39, 0.29) is 6.10 Å². The van der Waals surface area contributed by atoms with Gasteiger partial charge in [0.15, 0.2) is 0 Å². The van der Waals surface area contributed by atoms with E-state index in [2.05, 4.69) is 13.8 Å². The Labute approximate surface area is 185 Å². The molecule has 0 saturated carbocycles. The van der Waals surface area contributed by atoms with Crippen molar-refractivity contribution in [1.82, 2.24) is 0 Å². The highest BCUT2D eigenvalue weighted by Crippen LogP contribution is 2.16. The second-order valence-electron chi connectivity index (χ2n) is 9.66. The molecule has 0 amide bonds. The van der Waals surface area contributed by atoms with Gasteiger partial charge in [-0.25, -0.2) is 0 Å². The summed E-state index contributed by atoms with van der Waals surface area (Å²) >= 11 is 0. The number of hydrogen-bond donors (Lipinski definition) is 1. The highest BCUT2D eigenvalue weighted by atomic mass is 16.3.